The molecule has 0 aliphatic carbocycles. The third-order valence-corrected chi connectivity index (χ3v) is 5.50. The lowest BCUT2D eigenvalue weighted by molar-refractivity contribution is -0.123. The molecular weight excluding hydrogens is 366 g/mol. The molecule has 7 nitrogen and oxygen atoms in total. The standard InChI is InChI=1S/C19H23N5O2.ClH/c1-23-10-14(7-22-23)15-8-21-9-16(15)19(26)24-11-13(18(20)25)6-12-4-2-3-5-17(12)24;/h2-5,7,10,13,15-16,21H,6,8-9,11H2,1H3,(H2,20,25);1H/t13?,15-,16+;/m1./s1. The van der Waals surface area contributed by atoms with Crippen LogP contribution in [0.5, 0.6) is 0 Å². The van der Waals surface area contributed by atoms with E-state index in [2.05, 4.69) is 10.4 Å². The Hall–Kier alpha value is -2.38. The molecule has 2 aliphatic rings. The zero-order valence-electron chi connectivity index (χ0n) is 15.2. The van der Waals surface area contributed by atoms with Gasteiger partial charge in [0.1, 0.15) is 0 Å². The van der Waals surface area contributed by atoms with Crippen LogP contribution in [0.25, 0.3) is 0 Å². The molecule has 1 saturated heterocycles. The first-order valence-corrected chi connectivity index (χ1v) is 8.92. The molecule has 8 heteroatoms. The topological polar surface area (TPSA) is 93.3 Å². The van der Waals surface area contributed by atoms with Gasteiger partial charge in [-0.1, -0.05) is 18.2 Å². The summed E-state index contributed by atoms with van der Waals surface area (Å²) in [7, 11) is 1.88. The molecular formula is C19H24ClN5O2. The van der Waals surface area contributed by atoms with Crippen LogP contribution in [0.15, 0.2) is 36.7 Å². The summed E-state index contributed by atoms with van der Waals surface area (Å²) in [6.07, 6.45) is 4.38. The number of aromatic nitrogens is 2. The van der Waals surface area contributed by atoms with E-state index >= 15 is 0 Å². The van der Waals surface area contributed by atoms with E-state index in [-0.39, 0.29) is 42.0 Å². The number of nitrogens with zero attached hydrogens (tertiary/aromatic N) is 3. The Morgan fingerprint density at radius 1 is 1.26 bits per heavy atom. The Bertz CT molecular complexity index is 852. The van der Waals surface area contributed by atoms with Gasteiger partial charge in [-0.15, -0.1) is 12.4 Å². The minimum Gasteiger partial charge on any atom is -0.369 e. The second-order valence-electron chi connectivity index (χ2n) is 7.20. The van der Waals surface area contributed by atoms with Crippen molar-refractivity contribution < 1.29 is 9.59 Å². The minimum atomic E-state index is -0.356. The zero-order valence-corrected chi connectivity index (χ0v) is 16.0. The van der Waals surface area contributed by atoms with Gasteiger partial charge < -0.3 is 16.0 Å². The number of amides is 2. The maximum absolute atomic E-state index is 13.4. The third kappa shape index (κ3) is 3.57. The Balaban J connectivity index is 0.00000210. The van der Waals surface area contributed by atoms with E-state index in [1.165, 1.54) is 0 Å². The number of aryl methyl sites for hydroxylation is 1. The Morgan fingerprint density at radius 2 is 2.04 bits per heavy atom. The van der Waals surface area contributed by atoms with Crippen molar-refractivity contribution in [1.82, 2.24) is 15.1 Å². The fourth-order valence-electron chi connectivity index (χ4n) is 4.11. The molecule has 3 atom stereocenters. The fourth-order valence-corrected chi connectivity index (χ4v) is 4.11. The summed E-state index contributed by atoms with van der Waals surface area (Å²) in [5.41, 5.74) is 8.52. The number of carbonyl (C=O) groups excluding carboxylic acids is 2. The minimum absolute atomic E-state index is 0. The summed E-state index contributed by atoms with van der Waals surface area (Å²) >= 11 is 0. The monoisotopic (exact) mass is 389 g/mol. The number of fused-ring (bicyclic) bond motifs is 1. The highest BCUT2D eigenvalue weighted by Gasteiger charge is 2.40. The third-order valence-electron chi connectivity index (χ3n) is 5.50. The molecule has 2 aromatic rings. The highest BCUT2D eigenvalue weighted by Crippen LogP contribution is 2.35. The van der Waals surface area contributed by atoms with Crippen LogP contribution in [-0.2, 0) is 23.1 Å². The van der Waals surface area contributed by atoms with Crippen molar-refractivity contribution in [3.8, 4) is 0 Å². The average Bonchev–Trinajstić information content (AvgIpc) is 3.28. The summed E-state index contributed by atoms with van der Waals surface area (Å²) in [4.78, 5) is 27.0. The predicted molar refractivity (Wildman–Crippen MR) is 105 cm³/mol. The van der Waals surface area contributed by atoms with E-state index < -0.39 is 0 Å². The highest BCUT2D eigenvalue weighted by atomic mass is 35.5. The number of para-hydroxylation sites is 1. The SMILES string of the molecule is Cl.Cn1cc([C@H]2CNC[C@@H]2C(=O)N2CC(C(N)=O)Cc3ccccc32)cn1. The Labute approximate surface area is 164 Å². The van der Waals surface area contributed by atoms with E-state index in [9.17, 15) is 9.59 Å². The first-order valence-electron chi connectivity index (χ1n) is 8.92. The van der Waals surface area contributed by atoms with Gasteiger partial charge in [0.2, 0.25) is 11.8 Å². The molecule has 1 unspecified atom stereocenters. The molecule has 4 rings (SSSR count). The summed E-state index contributed by atoms with van der Waals surface area (Å²) in [5, 5.41) is 7.57. The van der Waals surface area contributed by atoms with Gasteiger partial charge in [-0.2, -0.15) is 5.10 Å². The average molecular weight is 390 g/mol. The number of hydrogen-bond donors (Lipinski definition) is 2. The van der Waals surface area contributed by atoms with Crippen LogP contribution < -0.4 is 16.0 Å². The molecule has 0 bridgehead atoms. The first-order chi connectivity index (χ1) is 12.5. The summed E-state index contributed by atoms with van der Waals surface area (Å²) < 4.78 is 1.76. The van der Waals surface area contributed by atoms with Crippen molar-refractivity contribution in [3.63, 3.8) is 0 Å². The van der Waals surface area contributed by atoms with Gasteiger partial charge in [0.05, 0.1) is 18.0 Å². The molecule has 3 heterocycles. The molecule has 0 saturated carbocycles. The summed E-state index contributed by atoms with van der Waals surface area (Å²) in [6, 6.07) is 7.78. The molecule has 2 aliphatic heterocycles. The predicted octanol–water partition coefficient (Wildman–Crippen LogP) is 0.836. The van der Waals surface area contributed by atoms with Gasteiger partial charge in [-0.25, -0.2) is 0 Å². The molecule has 0 spiro atoms. The lowest BCUT2D eigenvalue weighted by atomic mass is 9.87. The van der Waals surface area contributed by atoms with E-state index in [4.69, 9.17) is 5.73 Å². The molecule has 27 heavy (non-hydrogen) atoms. The molecule has 1 aromatic heterocycles. The number of anilines is 1. The molecule has 3 N–H and O–H groups in total. The normalized spacial score (nSPS) is 24.2. The van der Waals surface area contributed by atoms with Gasteiger partial charge in [-0.3, -0.25) is 14.3 Å². The Morgan fingerprint density at radius 3 is 2.74 bits per heavy atom. The van der Waals surface area contributed by atoms with E-state index in [1.54, 1.807) is 9.58 Å². The van der Waals surface area contributed by atoms with Gasteiger partial charge >= 0.3 is 0 Å². The van der Waals surface area contributed by atoms with Gasteiger partial charge in [-0.05, 0) is 23.6 Å². The molecule has 0 radical (unpaired) electrons. The molecule has 1 fully saturated rings. The van der Waals surface area contributed by atoms with Crippen LogP contribution in [0.4, 0.5) is 5.69 Å². The van der Waals surface area contributed by atoms with Crippen molar-refractivity contribution in [2.45, 2.75) is 12.3 Å². The maximum Gasteiger partial charge on any atom is 0.232 e. The van der Waals surface area contributed by atoms with Gasteiger partial charge in [0, 0.05) is 44.5 Å². The second-order valence-corrected chi connectivity index (χ2v) is 7.20. The largest absolute Gasteiger partial charge is 0.369 e. The molecule has 2 amide bonds. The Kier molecular flexibility index (Phi) is 5.53. The van der Waals surface area contributed by atoms with E-state index in [0.29, 0.717) is 19.5 Å². The van der Waals surface area contributed by atoms with Crippen LogP contribution in [0.2, 0.25) is 0 Å². The quantitative estimate of drug-likeness (QED) is 0.813. The van der Waals surface area contributed by atoms with Crippen molar-refractivity contribution >= 4 is 29.9 Å². The number of nitrogens with two attached hydrogens (primary N) is 1. The van der Waals surface area contributed by atoms with Crippen molar-refractivity contribution in [2.24, 2.45) is 24.6 Å². The van der Waals surface area contributed by atoms with Crippen LogP contribution in [-0.4, -0.2) is 41.2 Å². The number of benzene rings is 1. The van der Waals surface area contributed by atoms with E-state index in [0.717, 1.165) is 23.4 Å². The van der Waals surface area contributed by atoms with Crippen LogP contribution >= 0.6 is 12.4 Å². The lowest BCUT2D eigenvalue weighted by Crippen LogP contribution is -2.47. The second kappa shape index (κ2) is 7.70. The zero-order chi connectivity index (χ0) is 18.3. The fraction of sp³-hybridized carbons (Fsp3) is 0.421. The van der Waals surface area contributed by atoms with Crippen molar-refractivity contribution in [3.05, 3.63) is 47.8 Å². The lowest BCUT2D eigenvalue weighted by Gasteiger charge is -2.35. The van der Waals surface area contributed by atoms with Crippen molar-refractivity contribution in [1.29, 1.82) is 0 Å². The van der Waals surface area contributed by atoms with Crippen molar-refractivity contribution in [2.75, 3.05) is 24.5 Å². The summed E-state index contributed by atoms with van der Waals surface area (Å²) in [6.45, 7) is 1.72. The first kappa shape index (κ1) is 19.4. The van der Waals surface area contributed by atoms with Crippen LogP contribution in [0, 0.1) is 11.8 Å². The van der Waals surface area contributed by atoms with Gasteiger partial charge in [0.25, 0.3) is 0 Å². The number of halogens is 1. The number of hydrogen-bond acceptors (Lipinski definition) is 4. The number of nitrogens with one attached hydrogen (secondary N) is 1. The number of rotatable bonds is 3. The molecule has 144 valence electrons. The maximum atomic E-state index is 13.4. The van der Waals surface area contributed by atoms with Gasteiger partial charge in [0.15, 0.2) is 0 Å². The molecule has 1 aromatic carbocycles. The number of carbonyl (C=O) groups is 2. The van der Waals surface area contributed by atoms with E-state index in [1.807, 2.05) is 43.7 Å². The highest BCUT2D eigenvalue weighted by molar-refractivity contribution is 5.98. The number of primary amides is 1. The van der Waals surface area contributed by atoms with Crippen LogP contribution in [0.1, 0.15) is 17.0 Å². The van der Waals surface area contributed by atoms with Crippen LogP contribution in [0.3, 0.4) is 0 Å². The summed E-state index contributed by atoms with van der Waals surface area (Å²) in [5.74, 6) is -0.760. The smallest absolute Gasteiger partial charge is 0.232 e.